The molecule has 0 unspecified atom stereocenters. The van der Waals surface area contributed by atoms with E-state index in [0.717, 1.165) is 15.6 Å². The second-order valence-electron chi connectivity index (χ2n) is 5.06. The molecule has 1 aromatic rings. The molecule has 0 radical (unpaired) electrons. The number of nitrogens with zero attached hydrogens (tertiary/aromatic N) is 2. The van der Waals surface area contributed by atoms with Gasteiger partial charge in [-0.1, -0.05) is 36.9 Å². The van der Waals surface area contributed by atoms with Crippen LogP contribution >= 0.6 is 0 Å². The highest BCUT2D eigenvalue weighted by molar-refractivity contribution is 5.81. The van der Waals surface area contributed by atoms with Crippen LogP contribution in [0.4, 0.5) is 9.59 Å². The van der Waals surface area contributed by atoms with Crippen molar-refractivity contribution in [1.29, 1.82) is 0 Å². The average molecular weight is 364 g/mol. The highest BCUT2D eigenvalue weighted by Crippen LogP contribution is 2.16. The Morgan fingerprint density at radius 2 is 1.42 bits per heavy atom. The summed E-state index contributed by atoms with van der Waals surface area (Å²) in [7, 11) is 1.18. The normalized spacial score (nSPS) is 9.81. The molecule has 0 saturated carbocycles. The maximum atomic E-state index is 12.4. The van der Waals surface area contributed by atoms with Crippen molar-refractivity contribution in [2.75, 3.05) is 33.4 Å². The fourth-order valence-electron chi connectivity index (χ4n) is 2.03. The van der Waals surface area contributed by atoms with E-state index in [1.807, 2.05) is 30.3 Å². The highest BCUT2D eigenvalue weighted by atomic mass is 16.6. The molecule has 1 rings (SSSR count). The van der Waals surface area contributed by atoms with Gasteiger partial charge in [0.25, 0.3) is 0 Å². The molecule has 142 valence electrons. The first-order valence-corrected chi connectivity index (χ1v) is 8.13. The molecule has 0 saturated heterocycles. The predicted octanol–water partition coefficient (Wildman–Crippen LogP) is 2.70. The molecule has 0 aliphatic rings. The van der Waals surface area contributed by atoms with Crippen molar-refractivity contribution in [2.45, 2.75) is 13.8 Å². The van der Waals surface area contributed by atoms with E-state index in [0.29, 0.717) is 5.57 Å². The number of carbonyl (C=O) groups excluding carboxylic acids is 3. The molecule has 0 heterocycles. The maximum Gasteiger partial charge on any atom is 0.429 e. The van der Waals surface area contributed by atoms with Crippen LogP contribution in [0, 0.1) is 0 Å². The summed E-state index contributed by atoms with van der Waals surface area (Å²) in [6, 6.07) is 9.14. The third-order valence-corrected chi connectivity index (χ3v) is 3.28. The minimum absolute atomic E-state index is 0.0708. The van der Waals surface area contributed by atoms with Crippen LogP contribution in [-0.2, 0) is 19.0 Å². The molecular formula is C18H24N2O6. The summed E-state index contributed by atoms with van der Waals surface area (Å²) >= 11 is 0. The molecule has 0 spiro atoms. The van der Waals surface area contributed by atoms with Crippen LogP contribution in [0.15, 0.2) is 36.9 Å². The Kier molecular flexibility index (Phi) is 8.69. The van der Waals surface area contributed by atoms with Crippen LogP contribution in [-0.4, -0.2) is 61.6 Å². The van der Waals surface area contributed by atoms with E-state index in [2.05, 4.69) is 11.3 Å². The minimum Gasteiger partial charge on any atom is -0.468 e. The monoisotopic (exact) mass is 364 g/mol. The highest BCUT2D eigenvalue weighted by Gasteiger charge is 2.31. The van der Waals surface area contributed by atoms with Gasteiger partial charge in [0.05, 0.1) is 26.9 Å². The average Bonchev–Trinajstić information content (AvgIpc) is 2.65. The molecule has 8 heteroatoms. The van der Waals surface area contributed by atoms with Gasteiger partial charge in [-0.15, -0.1) is 0 Å². The van der Waals surface area contributed by atoms with Crippen LogP contribution in [0.5, 0.6) is 0 Å². The van der Waals surface area contributed by atoms with E-state index in [4.69, 9.17) is 9.47 Å². The second kappa shape index (κ2) is 10.8. The first-order chi connectivity index (χ1) is 12.4. The van der Waals surface area contributed by atoms with Crippen molar-refractivity contribution < 1.29 is 28.6 Å². The van der Waals surface area contributed by atoms with Crippen molar-refractivity contribution >= 4 is 23.7 Å². The van der Waals surface area contributed by atoms with Crippen molar-refractivity contribution in [3.8, 4) is 0 Å². The third kappa shape index (κ3) is 6.12. The lowest BCUT2D eigenvalue weighted by Crippen LogP contribution is -2.52. The Hall–Kier alpha value is -3.03. The maximum absolute atomic E-state index is 12.4. The number of hydrogen-bond acceptors (Lipinski definition) is 6. The number of rotatable bonds is 7. The van der Waals surface area contributed by atoms with Crippen LogP contribution < -0.4 is 0 Å². The summed E-state index contributed by atoms with van der Waals surface area (Å²) in [5.74, 6) is -0.710. The Bertz CT molecular complexity index is 632. The molecule has 0 N–H and O–H groups in total. The summed E-state index contributed by atoms with van der Waals surface area (Å²) in [4.78, 5) is 36.4. The summed E-state index contributed by atoms with van der Waals surface area (Å²) in [6.45, 7) is 6.80. The Balaban J connectivity index is 3.12. The number of methoxy groups -OCH3 is 1. The van der Waals surface area contributed by atoms with Gasteiger partial charge in [-0.05, 0) is 25.0 Å². The fraction of sp³-hybridized carbons (Fsp3) is 0.389. The summed E-state index contributed by atoms with van der Waals surface area (Å²) in [5, 5.41) is 1.83. The third-order valence-electron chi connectivity index (χ3n) is 3.28. The first kappa shape index (κ1) is 21.0. The number of esters is 1. The largest absolute Gasteiger partial charge is 0.468 e. The number of hydrazine groups is 1. The zero-order chi connectivity index (χ0) is 19.5. The summed E-state index contributed by atoms with van der Waals surface area (Å²) < 4.78 is 14.6. The molecule has 0 aromatic heterocycles. The van der Waals surface area contributed by atoms with Crippen molar-refractivity contribution in [3.63, 3.8) is 0 Å². The summed E-state index contributed by atoms with van der Waals surface area (Å²) in [6.07, 6.45) is -1.67. The fourth-order valence-corrected chi connectivity index (χ4v) is 2.03. The zero-order valence-corrected chi connectivity index (χ0v) is 15.3. The van der Waals surface area contributed by atoms with Gasteiger partial charge in [-0.3, -0.25) is 4.79 Å². The van der Waals surface area contributed by atoms with Gasteiger partial charge in [-0.2, -0.15) is 0 Å². The summed E-state index contributed by atoms with van der Waals surface area (Å²) in [5.41, 5.74) is 1.33. The molecule has 0 aliphatic carbocycles. The number of ether oxygens (including phenoxy) is 3. The SMILES string of the molecule is C=C(CN(C(=O)OCC)N(CC(=O)OC)C(=O)OCC)c1ccccc1. The van der Waals surface area contributed by atoms with Crippen molar-refractivity contribution in [1.82, 2.24) is 10.0 Å². The molecular weight excluding hydrogens is 340 g/mol. The van der Waals surface area contributed by atoms with Crippen LogP contribution in [0.3, 0.4) is 0 Å². The lowest BCUT2D eigenvalue weighted by molar-refractivity contribution is -0.145. The van der Waals surface area contributed by atoms with Gasteiger partial charge < -0.3 is 14.2 Å². The lowest BCUT2D eigenvalue weighted by Gasteiger charge is -2.32. The van der Waals surface area contributed by atoms with Crippen LogP contribution in [0.1, 0.15) is 19.4 Å². The van der Waals surface area contributed by atoms with Crippen molar-refractivity contribution in [3.05, 3.63) is 42.5 Å². The number of benzene rings is 1. The van der Waals surface area contributed by atoms with Gasteiger partial charge in [-0.25, -0.2) is 19.6 Å². The molecule has 0 fully saturated rings. The van der Waals surface area contributed by atoms with Crippen molar-refractivity contribution in [2.24, 2.45) is 0 Å². The van der Waals surface area contributed by atoms with Gasteiger partial charge in [0.1, 0.15) is 6.54 Å². The Morgan fingerprint density at radius 3 is 1.88 bits per heavy atom. The van der Waals surface area contributed by atoms with E-state index >= 15 is 0 Å². The van der Waals surface area contributed by atoms with Gasteiger partial charge in [0.2, 0.25) is 0 Å². The van der Waals surface area contributed by atoms with E-state index < -0.39 is 24.7 Å². The first-order valence-electron chi connectivity index (χ1n) is 8.13. The van der Waals surface area contributed by atoms with Gasteiger partial charge in [0.15, 0.2) is 0 Å². The van der Waals surface area contributed by atoms with Gasteiger partial charge >= 0.3 is 18.2 Å². The lowest BCUT2D eigenvalue weighted by atomic mass is 10.1. The molecule has 1 aromatic carbocycles. The minimum atomic E-state index is -0.869. The number of hydrogen-bond donors (Lipinski definition) is 0. The predicted molar refractivity (Wildman–Crippen MR) is 94.9 cm³/mol. The van der Waals surface area contributed by atoms with E-state index in [9.17, 15) is 14.4 Å². The Morgan fingerprint density at radius 1 is 0.923 bits per heavy atom. The van der Waals surface area contributed by atoms with E-state index in [1.165, 1.54) is 7.11 Å². The molecule has 0 bridgehead atoms. The molecule has 0 aliphatic heterocycles. The number of carbonyl (C=O) groups is 3. The Labute approximate surface area is 152 Å². The van der Waals surface area contributed by atoms with E-state index in [1.54, 1.807) is 13.8 Å². The topological polar surface area (TPSA) is 85.4 Å². The van der Waals surface area contributed by atoms with Gasteiger partial charge in [0, 0.05) is 0 Å². The quantitative estimate of drug-likeness (QED) is 0.420. The number of amides is 2. The molecule has 8 nitrogen and oxygen atoms in total. The standard InChI is InChI=1S/C18H24N2O6/c1-5-25-17(22)19(12-14(3)15-10-8-7-9-11-15)20(13-16(21)24-4)18(23)26-6-2/h7-11H,3,5-6,12-13H2,1-2,4H3. The van der Waals surface area contributed by atoms with Crippen LogP contribution in [0.25, 0.3) is 5.57 Å². The molecule has 2 amide bonds. The molecule has 26 heavy (non-hydrogen) atoms. The smallest absolute Gasteiger partial charge is 0.429 e. The van der Waals surface area contributed by atoms with Crippen LogP contribution in [0.2, 0.25) is 0 Å². The van der Waals surface area contributed by atoms with E-state index in [-0.39, 0.29) is 19.8 Å². The second-order valence-corrected chi connectivity index (χ2v) is 5.06. The molecule has 0 atom stereocenters. The zero-order valence-electron chi connectivity index (χ0n) is 15.3.